The van der Waals surface area contributed by atoms with Crippen LogP contribution in [-0.4, -0.2) is 43.4 Å². The third-order valence-corrected chi connectivity index (χ3v) is 4.13. The van der Waals surface area contributed by atoms with Crippen molar-refractivity contribution in [2.75, 3.05) is 26.7 Å². The Kier molecular flexibility index (Phi) is 7.15. The molecule has 0 saturated heterocycles. The van der Waals surface area contributed by atoms with Crippen LogP contribution in [0.1, 0.15) is 30.6 Å². The highest BCUT2D eigenvalue weighted by Crippen LogP contribution is 2.17. The van der Waals surface area contributed by atoms with Crippen molar-refractivity contribution in [1.82, 2.24) is 10.2 Å². The van der Waals surface area contributed by atoms with E-state index < -0.39 is 11.7 Å². The van der Waals surface area contributed by atoms with Crippen LogP contribution < -0.4 is 11.1 Å². The van der Waals surface area contributed by atoms with E-state index in [0.29, 0.717) is 17.6 Å². The van der Waals surface area contributed by atoms with Gasteiger partial charge in [0.15, 0.2) is 0 Å². The molecule has 128 valence electrons. The maximum absolute atomic E-state index is 13.2. The number of carbonyl (C=O) groups excluding carboxylic acids is 2. The van der Waals surface area contributed by atoms with Crippen molar-refractivity contribution in [1.29, 1.82) is 0 Å². The predicted octanol–water partition coefficient (Wildman–Crippen LogP) is 2.15. The van der Waals surface area contributed by atoms with Gasteiger partial charge in [0.1, 0.15) is 5.82 Å². The summed E-state index contributed by atoms with van der Waals surface area (Å²) in [5, 5.41) is 2.62. The van der Waals surface area contributed by atoms with Crippen LogP contribution >= 0.6 is 15.9 Å². The Balaban J connectivity index is 2.48. The van der Waals surface area contributed by atoms with Crippen LogP contribution in [0.15, 0.2) is 22.7 Å². The van der Waals surface area contributed by atoms with Gasteiger partial charge in [0.25, 0.3) is 5.91 Å². The van der Waals surface area contributed by atoms with Crippen molar-refractivity contribution in [2.24, 2.45) is 11.1 Å². The zero-order valence-corrected chi connectivity index (χ0v) is 15.2. The first-order valence-corrected chi connectivity index (χ1v) is 8.13. The van der Waals surface area contributed by atoms with E-state index in [4.69, 9.17) is 5.73 Å². The fourth-order valence-electron chi connectivity index (χ4n) is 2.04. The zero-order chi connectivity index (χ0) is 17.6. The normalized spacial score (nSPS) is 11.2. The fraction of sp³-hybridized carbons (Fsp3) is 0.500. The van der Waals surface area contributed by atoms with Gasteiger partial charge in [-0.1, -0.05) is 13.8 Å². The van der Waals surface area contributed by atoms with E-state index in [0.717, 1.165) is 6.07 Å². The molecule has 0 aromatic heterocycles. The molecule has 1 aromatic carbocycles. The van der Waals surface area contributed by atoms with Crippen LogP contribution in [0.2, 0.25) is 0 Å². The molecule has 0 aliphatic heterocycles. The lowest BCUT2D eigenvalue weighted by Gasteiger charge is -2.29. The standard InChI is InChI=1S/C16H23BrFN3O2/c1-16(2,9-19)10-21(3)14(22)6-7-20-15(23)12-8-11(18)4-5-13(12)17/h4-5,8H,6-7,9-10,19H2,1-3H3,(H,20,23). The molecule has 2 amide bonds. The van der Waals surface area contributed by atoms with Crippen LogP contribution in [-0.2, 0) is 4.79 Å². The summed E-state index contributed by atoms with van der Waals surface area (Å²) in [6.45, 7) is 5.19. The fourth-order valence-corrected chi connectivity index (χ4v) is 2.46. The lowest BCUT2D eigenvalue weighted by molar-refractivity contribution is -0.130. The lowest BCUT2D eigenvalue weighted by atomic mass is 9.93. The molecule has 0 aliphatic rings. The van der Waals surface area contributed by atoms with Gasteiger partial charge in [0, 0.05) is 31.0 Å². The molecule has 0 bridgehead atoms. The van der Waals surface area contributed by atoms with Gasteiger partial charge in [-0.05, 0) is 46.1 Å². The van der Waals surface area contributed by atoms with Crippen LogP contribution in [0.4, 0.5) is 4.39 Å². The quantitative estimate of drug-likeness (QED) is 0.752. The van der Waals surface area contributed by atoms with E-state index in [1.807, 2.05) is 13.8 Å². The number of rotatable bonds is 7. The molecule has 0 radical (unpaired) electrons. The van der Waals surface area contributed by atoms with Crippen LogP contribution in [0.3, 0.4) is 0 Å². The minimum absolute atomic E-state index is 0.0786. The van der Waals surface area contributed by atoms with Crippen molar-refractivity contribution >= 4 is 27.7 Å². The van der Waals surface area contributed by atoms with Gasteiger partial charge in [0.05, 0.1) is 5.56 Å². The molecule has 0 saturated carbocycles. The summed E-state index contributed by atoms with van der Waals surface area (Å²) >= 11 is 3.20. The minimum atomic E-state index is -0.488. The average Bonchev–Trinajstić information content (AvgIpc) is 2.48. The van der Waals surface area contributed by atoms with Gasteiger partial charge in [-0.2, -0.15) is 0 Å². The molecule has 0 unspecified atom stereocenters. The number of nitrogens with zero attached hydrogens (tertiary/aromatic N) is 1. The second-order valence-electron chi connectivity index (χ2n) is 6.25. The number of halogens is 2. The van der Waals surface area contributed by atoms with Crippen molar-refractivity contribution in [2.45, 2.75) is 20.3 Å². The summed E-state index contributed by atoms with van der Waals surface area (Å²) < 4.78 is 13.7. The third kappa shape index (κ3) is 6.27. The molecule has 1 aromatic rings. The molecule has 3 N–H and O–H groups in total. The second kappa shape index (κ2) is 8.40. The third-order valence-electron chi connectivity index (χ3n) is 3.44. The molecule has 0 heterocycles. The first kappa shape index (κ1) is 19.6. The Morgan fingerprint density at radius 2 is 2.04 bits per heavy atom. The largest absolute Gasteiger partial charge is 0.351 e. The van der Waals surface area contributed by atoms with Crippen molar-refractivity contribution < 1.29 is 14.0 Å². The van der Waals surface area contributed by atoms with Crippen molar-refractivity contribution in [3.8, 4) is 0 Å². The monoisotopic (exact) mass is 387 g/mol. The highest BCUT2D eigenvalue weighted by Gasteiger charge is 2.21. The van der Waals surface area contributed by atoms with Crippen molar-refractivity contribution in [3.05, 3.63) is 34.1 Å². The molecule has 7 heteroatoms. The van der Waals surface area contributed by atoms with Crippen LogP contribution in [0.25, 0.3) is 0 Å². The Bertz CT molecular complexity index is 578. The first-order chi connectivity index (χ1) is 10.7. The maximum Gasteiger partial charge on any atom is 0.252 e. The van der Waals surface area contributed by atoms with Gasteiger partial charge >= 0.3 is 0 Å². The smallest absolute Gasteiger partial charge is 0.252 e. The SMILES string of the molecule is CN(CC(C)(C)CN)C(=O)CCNC(=O)c1cc(F)ccc1Br. The number of hydrogen-bond acceptors (Lipinski definition) is 3. The maximum atomic E-state index is 13.2. The van der Waals surface area contributed by atoms with E-state index >= 15 is 0 Å². The molecule has 0 spiro atoms. The number of nitrogens with two attached hydrogens (primary N) is 1. The number of nitrogens with one attached hydrogen (secondary N) is 1. The number of amides is 2. The summed E-state index contributed by atoms with van der Waals surface area (Å²) in [6.07, 6.45) is 0.176. The van der Waals surface area contributed by atoms with Gasteiger partial charge in [0.2, 0.25) is 5.91 Å². The van der Waals surface area contributed by atoms with E-state index in [-0.39, 0.29) is 29.9 Å². The van der Waals surface area contributed by atoms with Crippen molar-refractivity contribution in [3.63, 3.8) is 0 Å². The van der Waals surface area contributed by atoms with E-state index in [9.17, 15) is 14.0 Å². The number of hydrogen-bond donors (Lipinski definition) is 2. The second-order valence-corrected chi connectivity index (χ2v) is 7.10. The van der Waals surface area contributed by atoms with Gasteiger partial charge in [-0.3, -0.25) is 9.59 Å². The Morgan fingerprint density at radius 3 is 2.65 bits per heavy atom. The predicted molar refractivity (Wildman–Crippen MR) is 91.5 cm³/mol. The van der Waals surface area contributed by atoms with E-state index in [2.05, 4.69) is 21.2 Å². The Morgan fingerprint density at radius 1 is 1.39 bits per heavy atom. The molecule has 0 fully saturated rings. The Labute approximate surface area is 144 Å². The molecule has 5 nitrogen and oxygen atoms in total. The summed E-state index contributed by atoms with van der Waals surface area (Å²) in [5.74, 6) is -0.988. The highest BCUT2D eigenvalue weighted by molar-refractivity contribution is 9.10. The lowest BCUT2D eigenvalue weighted by Crippen LogP contribution is -2.40. The molecular weight excluding hydrogens is 365 g/mol. The van der Waals surface area contributed by atoms with E-state index in [1.54, 1.807) is 11.9 Å². The molecule has 1 rings (SSSR count). The van der Waals surface area contributed by atoms with Crippen LogP contribution in [0, 0.1) is 11.2 Å². The van der Waals surface area contributed by atoms with Gasteiger partial charge in [-0.15, -0.1) is 0 Å². The van der Waals surface area contributed by atoms with Crippen LogP contribution in [0.5, 0.6) is 0 Å². The summed E-state index contributed by atoms with van der Waals surface area (Å²) in [7, 11) is 1.71. The minimum Gasteiger partial charge on any atom is -0.351 e. The topological polar surface area (TPSA) is 75.4 Å². The highest BCUT2D eigenvalue weighted by atomic mass is 79.9. The zero-order valence-electron chi connectivity index (χ0n) is 13.7. The number of carbonyl (C=O) groups is 2. The Hall–Kier alpha value is -1.47. The number of benzene rings is 1. The molecule has 0 aliphatic carbocycles. The molecule has 23 heavy (non-hydrogen) atoms. The summed E-state index contributed by atoms with van der Waals surface area (Å²) in [5.41, 5.74) is 5.71. The molecular formula is C16H23BrFN3O2. The van der Waals surface area contributed by atoms with Gasteiger partial charge in [-0.25, -0.2) is 4.39 Å². The van der Waals surface area contributed by atoms with E-state index in [1.165, 1.54) is 12.1 Å². The van der Waals surface area contributed by atoms with Gasteiger partial charge < -0.3 is 16.0 Å². The average molecular weight is 388 g/mol. The molecule has 0 atom stereocenters. The summed E-state index contributed by atoms with van der Waals surface area (Å²) in [6, 6.07) is 3.88. The first-order valence-electron chi connectivity index (χ1n) is 7.33. The summed E-state index contributed by atoms with van der Waals surface area (Å²) in [4.78, 5) is 25.6.